The van der Waals surface area contributed by atoms with E-state index in [1.165, 1.54) is 18.2 Å². The number of aryl methyl sites for hydroxylation is 1. The average Bonchev–Trinajstić information content (AvgIpc) is 2.38. The minimum Gasteiger partial charge on any atom is -0.487 e. The summed E-state index contributed by atoms with van der Waals surface area (Å²) in [5, 5.41) is 0. The summed E-state index contributed by atoms with van der Waals surface area (Å²) in [7, 11) is 0. The van der Waals surface area contributed by atoms with E-state index in [9.17, 15) is 17.6 Å². The topological polar surface area (TPSA) is 112 Å². The van der Waals surface area contributed by atoms with Gasteiger partial charge >= 0.3 is 12.3 Å². The van der Waals surface area contributed by atoms with Gasteiger partial charge in [-0.15, -0.1) is 0 Å². The van der Waals surface area contributed by atoms with Crippen molar-refractivity contribution in [3.8, 4) is 5.75 Å². The number of rotatable bonds is 5. The quantitative estimate of drug-likeness (QED) is 0.433. The fraction of sp³-hybridized carbons (Fsp3) is 0.333. The van der Waals surface area contributed by atoms with E-state index in [4.69, 9.17) is 17.2 Å². The van der Waals surface area contributed by atoms with Crippen LogP contribution in [0, 0.1) is 6.92 Å². The van der Waals surface area contributed by atoms with E-state index in [-0.39, 0.29) is 17.7 Å². The first-order valence-corrected chi connectivity index (χ1v) is 5.95. The van der Waals surface area contributed by atoms with Crippen molar-refractivity contribution in [2.24, 2.45) is 27.2 Å². The first-order valence-electron chi connectivity index (χ1n) is 5.95. The molecular weight excluding hydrogens is 306 g/mol. The van der Waals surface area contributed by atoms with E-state index in [2.05, 4.69) is 14.7 Å². The van der Waals surface area contributed by atoms with Crippen LogP contribution in [0.4, 0.5) is 23.2 Å². The molecule has 0 amide bonds. The van der Waals surface area contributed by atoms with Gasteiger partial charge < -0.3 is 21.9 Å². The summed E-state index contributed by atoms with van der Waals surface area (Å²) in [4.78, 5) is 7.41. The molecule has 0 aliphatic heterocycles. The standard InChI is InChI=1S/C12H15F4N5O/c1-6-4-7(22-5-12(15,16)9(13)14)2-3-8(6)20-11(19)21-10(17)18/h2-4,9H,5H2,1H3,(H6,17,18,19,20,21). The molecule has 6 N–H and O–H groups in total. The highest BCUT2D eigenvalue weighted by Crippen LogP contribution is 2.27. The molecule has 0 heterocycles. The fourth-order valence-electron chi connectivity index (χ4n) is 1.37. The number of nitrogens with two attached hydrogens (primary N) is 3. The third-order valence-corrected chi connectivity index (χ3v) is 2.40. The number of alkyl halides is 4. The van der Waals surface area contributed by atoms with Crippen LogP contribution >= 0.6 is 0 Å². The van der Waals surface area contributed by atoms with Crippen LogP contribution in [0.25, 0.3) is 0 Å². The van der Waals surface area contributed by atoms with Crippen LogP contribution < -0.4 is 21.9 Å². The Balaban J connectivity index is 2.85. The van der Waals surface area contributed by atoms with Crippen molar-refractivity contribution in [2.45, 2.75) is 19.3 Å². The van der Waals surface area contributed by atoms with Gasteiger partial charge in [0.15, 0.2) is 12.6 Å². The zero-order valence-corrected chi connectivity index (χ0v) is 11.6. The molecule has 0 radical (unpaired) electrons. The van der Waals surface area contributed by atoms with E-state index in [1.807, 2.05) is 0 Å². The monoisotopic (exact) mass is 321 g/mol. The number of hydrogen-bond acceptors (Lipinski definition) is 2. The Hall–Kier alpha value is -2.52. The second-order valence-electron chi connectivity index (χ2n) is 4.31. The molecule has 0 saturated heterocycles. The van der Waals surface area contributed by atoms with E-state index >= 15 is 0 Å². The molecule has 0 unspecified atom stereocenters. The summed E-state index contributed by atoms with van der Waals surface area (Å²) in [6.45, 7) is 0.169. The largest absolute Gasteiger partial charge is 0.487 e. The molecule has 0 aliphatic rings. The Morgan fingerprint density at radius 3 is 2.41 bits per heavy atom. The minimum absolute atomic E-state index is 0.00261. The van der Waals surface area contributed by atoms with Gasteiger partial charge in [0, 0.05) is 0 Å². The maximum Gasteiger partial charge on any atom is 0.340 e. The Bertz CT molecular complexity index is 585. The van der Waals surface area contributed by atoms with Gasteiger partial charge in [0.05, 0.1) is 5.69 Å². The molecule has 0 aromatic heterocycles. The second-order valence-corrected chi connectivity index (χ2v) is 4.31. The Morgan fingerprint density at radius 1 is 1.27 bits per heavy atom. The van der Waals surface area contributed by atoms with Gasteiger partial charge in [-0.1, -0.05) is 0 Å². The minimum atomic E-state index is -4.22. The van der Waals surface area contributed by atoms with E-state index in [1.54, 1.807) is 6.92 Å². The third-order valence-electron chi connectivity index (χ3n) is 2.40. The van der Waals surface area contributed by atoms with Crippen molar-refractivity contribution >= 4 is 17.6 Å². The number of guanidine groups is 2. The first-order chi connectivity index (χ1) is 10.1. The molecule has 1 aromatic carbocycles. The molecule has 0 spiro atoms. The van der Waals surface area contributed by atoms with Crippen molar-refractivity contribution in [2.75, 3.05) is 6.61 Å². The van der Waals surface area contributed by atoms with Gasteiger partial charge in [-0.05, 0) is 30.7 Å². The van der Waals surface area contributed by atoms with Crippen LogP contribution in [-0.2, 0) is 0 Å². The Kier molecular flexibility index (Phi) is 5.55. The van der Waals surface area contributed by atoms with Gasteiger partial charge in [0.2, 0.25) is 5.96 Å². The second kappa shape index (κ2) is 6.96. The van der Waals surface area contributed by atoms with Crippen molar-refractivity contribution in [1.29, 1.82) is 0 Å². The summed E-state index contributed by atoms with van der Waals surface area (Å²) in [5.74, 6) is -4.69. The van der Waals surface area contributed by atoms with Crippen molar-refractivity contribution < 1.29 is 22.3 Å². The highest BCUT2D eigenvalue weighted by molar-refractivity contribution is 5.93. The molecule has 0 atom stereocenters. The first kappa shape index (κ1) is 17.5. The molecule has 122 valence electrons. The predicted octanol–water partition coefficient (Wildman–Crippen LogP) is 1.49. The number of halogens is 4. The normalized spacial score (nSPS) is 12.4. The molecule has 6 nitrogen and oxygen atoms in total. The van der Waals surface area contributed by atoms with Crippen LogP contribution in [0.5, 0.6) is 5.75 Å². The lowest BCUT2D eigenvalue weighted by Crippen LogP contribution is -2.33. The smallest absolute Gasteiger partial charge is 0.340 e. The van der Waals surface area contributed by atoms with Crippen molar-refractivity contribution in [3.63, 3.8) is 0 Å². The number of hydrogen-bond donors (Lipinski definition) is 3. The lowest BCUT2D eigenvalue weighted by atomic mass is 10.2. The molecule has 0 bridgehead atoms. The van der Waals surface area contributed by atoms with Crippen molar-refractivity contribution in [3.05, 3.63) is 23.8 Å². The molecular formula is C12H15F4N5O. The van der Waals surface area contributed by atoms with E-state index in [0.717, 1.165) is 0 Å². The molecule has 1 rings (SSSR count). The molecule has 22 heavy (non-hydrogen) atoms. The van der Waals surface area contributed by atoms with Crippen LogP contribution in [-0.4, -0.2) is 30.9 Å². The Morgan fingerprint density at radius 2 is 1.91 bits per heavy atom. The number of ether oxygens (including phenoxy) is 1. The summed E-state index contributed by atoms with van der Waals surface area (Å²) < 4.78 is 54.2. The lowest BCUT2D eigenvalue weighted by Gasteiger charge is -2.16. The molecule has 0 aliphatic carbocycles. The predicted molar refractivity (Wildman–Crippen MR) is 74.7 cm³/mol. The molecule has 0 saturated carbocycles. The van der Waals surface area contributed by atoms with Crippen LogP contribution in [0.3, 0.4) is 0 Å². The summed E-state index contributed by atoms with van der Waals surface area (Å²) in [6.07, 6.45) is -3.79. The SMILES string of the molecule is Cc1cc(OCC(F)(F)C(F)F)ccc1N=C(N)N=C(N)N. The number of nitrogens with zero attached hydrogens (tertiary/aromatic N) is 2. The molecule has 0 fully saturated rings. The zero-order chi connectivity index (χ0) is 16.9. The number of benzene rings is 1. The van der Waals surface area contributed by atoms with Gasteiger partial charge in [-0.3, -0.25) is 0 Å². The van der Waals surface area contributed by atoms with Crippen LogP contribution in [0.2, 0.25) is 0 Å². The van der Waals surface area contributed by atoms with Crippen LogP contribution in [0.1, 0.15) is 5.56 Å². The maximum absolute atomic E-state index is 12.8. The number of aliphatic imine (C=N–C) groups is 2. The van der Waals surface area contributed by atoms with Crippen LogP contribution in [0.15, 0.2) is 28.2 Å². The van der Waals surface area contributed by atoms with E-state index in [0.29, 0.717) is 11.3 Å². The summed E-state index contributed by atoms with van der Waals surface area (Å²) in [6, 6.07) is 4.04. The highest BCUT2D eigenvalue weighted by atomic mass is 19.3. The van der Waals surface area contributed by atoms with Crippen molar-refractivity contribution in [1.82, 2.24) is 0 Å². The summed E-state index contributed by atoms with van der Waals surface area (Å²) in [5.41, 5.74) is 16.6. The van der Waals surface area contributed by atoms with Gasteiger partial charge in [-0.25, -0.2) is 13.8 Å². The zero-order valence-electron chi connectivity index (χ0n) is 11.6. The Labute approximate surface area is 123 Å². The average molecular weight is 321 g/mol. The molecule has 1 aromatic rings. The highest BCUT2D eigenvalue weighted by Gasteiger charge is 2.41. The lowest BCUT2D eigenvalue weighted by molar-refractivity contribution is -0.148. The fourth-order valence-corrected chi connectivity index (χ4v) is 1.37. The maximum atomic E-state index is 12.8. The third kappa shape index (κ3) is 5.11. The van der Waals surface area contributed by atoms with Gasteiger partial charge in [0.25, 0.3) is 0 Å². The summed E-state index contributed by atoms with van der Waals surface area (Å²) >= 11 is 0. The molecule has 10 heteroatoms. The van der Waals surface area contributed by atoms with Gasteiger partial charge in [-0.2, -0.15) is 13.8 Å². The van der Waals surface area contributed by atoms with E-state index < -0.39 is 19.0 Å². The van der Waals surface area contributed by atoms with Gasteiger partial charge in [0.1, 0.15) is 5.75 Å².